The number of hydrazone groups is 1. The molecule has 0 bridgehead atoms. The second kappa shape index (κ2) is 9.25. The van der Waals surface area contributed by atoms with Crippen molar-refractivity contribution in [2.75, 3.05) is 32.7 Å². The largest absolute Gasteiger partial charge is 0.467 e. The van der Waals surface area contributed by atoms with Gasteiger partial charge in [-0.25, -0.2) is 9.99 Å². The first-order chi connectivity index (χ1) is 17.1. The third kappa shape index (κ3) is 4.45. The van der Waals surface area contributed by atoms with Gasteiger partial charge in [0.05, 0.1) is 24.8 Å². The van der Waals surface area contributed by atoms with E-state index in [1.807, 2.05) is 29.6 Å². The lowest BCUT2D eigenvalue weighted by Gasteiger charge is -2.34. The second-order valence-corrected chi connectivity index (χ2v) is 9.56. The molecule has 180 valence electrons. The quantitative estimate of drug-likeness (QED) is 0.408. The van der Waals surface area contributed by atoms with Gasteiger partial charge in [-0.2, -0.15) is 5.10 Å². The summed E-state index contributed by atoms with van der Waals surface area (Å²) in [7, 11) is 0. The average molecular weight is 493 g/mol. The van der Waals surface area contributed by atoms with E-state index in [0.717, 1.165) is 37.6 Å². The number of carbonyl (C=O) groups excluding carboxylic acids is 1. The van der Waals surface area contributed by atoms with Crippen molar-refractivity contribution in [3.8, 4) is 0 Å². The Hall–Kier alpha value is -3.54. The third-order valence-electron chi connectivity index (χ3n) is 6.41. The van der Waals surface area contributed by atoms with Crippen molar-refractivity contribution in [2.45, 2.75) is 19.0 Å². The van der Waals surface area contributed by atoms with Crippen molar-refractivity contribution in [3.05, 3.63) is 82.0 Å². The fraction of sp³-hybridized carbons (Fsp3) is 0.333. The van der Waals surface area contributed by atoms with Crippen LogP contribution in [0.1, 0.15) is 29.7 Å². The highest BCUT2D eigenvalue weighted by atomic mass is 32.1. The summed E-state index contributed by atoms with van der Waals surface area (Å²) >= 11 is 1.45. The molecule has 6 heterocycles. The maximum atomic E-state index is 13.3. The number of carbonyl (C=O) groups is 1. The molecule has 11 heteroatoms. The van der Waals surface area contributed by atoms with E-state index in [9.17, 15) is 9.59 Å². The fourth-order valence-electron chi connectivity index (χ4n) is 4.60. The lowest BCUT2D eigenvalue weighted by atomic mass is 10.1. The molecule has 4 aromatic rings. The number of furan rings is 2. The zero-order valence-corrected chi connectivity index (χ0v) is 19.8. The summed E-state index contributed by atoms with van der Waals surface area (Å²) in [6.07, 6.45) is 5.51. The normalized spacial score (nSPS) is 19.5. The van der Waals surface area contributed by atoms with Gasteiger partial charge >= 0.3 is 0 Å². The number of amides is 1. The lowest BCUT2D eigenvalue weighted by Crippen LogP contribution is -2.49. The highest BCUT2D eigenvalue weighted by Gasteiger charge is 2.36. The van der Waals surface area contributed by atoms with Gasteiger partial charge in [-0.05, 0) is 24.3 Å². The Morgan fingerprint density at radius 1 is 1.09 bits per heavy atom. The first-order valence-corrected chi connectivity index (χ1v) is 12.4. The predicted octanol–water partition coefficient (Wildman–Crippen LogP) is 2.44. The van der Waals surface area contributed by atoms with Crippen LogP contribution in [-0.2, 0) is 11.3 Å². The van der Waals surface area contributed by atoms with Crippen LogP contribution in [0.15, 0.2) is 73.2 Å². The molecule has 2 aliphatic rings. The van der Waals surface area contributed by atoms with E-state index in [1.54, 1.807) is 29.2 Å². The molecule has 10 nitrogen and oxygen atoms in total. The number of hydrogen-bond acceptors (Lipinski definition) is 9. The minimum absolute atomic E-state index is 0.0540. The number of fused-ring (bicyclic) bond motifs is 1. The van der Waals surface area contributed by atoms with Gasteiger partial charge in [0.15, 0.2) is 4.96 Å². The predicted molar refractivity (Wildman–Crippen MR) is 129 cm³/mol. The fourth-order valence-corrected chi connectivity index (χ4v) is 5.34. The molecule has 0 saturated carbocycles. The maximum Gasteiger partial charge on any atom is 0.258 e. The molecule has 1 unspecified atom stereocenters. The molecule has 2 aliphatic heterocycles. The molecule has 0 aromatic carbocycles. The maximum absolute atomic E-state index is 13.3. The first-order valence-electron chi connectivity index (χ1n) is 11.5. The molecule has 0 N–H and O–H groups in total. The summed E-state index contributed by atoms with van der Waals surface area (Å²) in [6.45, 7) is 3.98. The minimum atomic E-state index is -0.281. The van der Waals surface area contributed by atoms with Gasteiger partial charge in [0.1, 0.15) is 23.3 Å². The number of thiazole rings is 1. The van der Waals surface area contributed by atoms with Gasteiger partial charge in [-0.1, -0.05) is 0 Å². The van der Waals surface area contributed by atoms with Crippen molar-refractivity contribution < 1.29 is 13.6 Å². The number of rotatable bonds is 6. The van der Waals surface area contributed by atoms with Crippen LogP contribution in [0, 0.1) is 0 Å². The molecule has 1 amide bonds. The zero-order chi connectivity index (χ0) is 23.8. The van der Waals surface area contributed by atoms with Crippen molar-refractivity contribution in [2.24, 2.45) is 5.10 Å². The van der Waals surface area contributed by atoms with E-state index in [-0.39, 0.29) is 24.1 Å². The lowest BCUT2D eigenvalue weighted by molar-refractivity contribution is -0.135. The Kier molecular flexibility index (Phi) is 5.80. The van der Waals surface area contributed by atoms with Crippen LogP contribution in [0.4, 0.5) is 0 Å². The molecule has 0 spiro atoms. The molecule has 1 atom stereocenters. The van der Waals surface area contributed by atoms with Crippen LogP contribution < -0.4 is 5.56 Å². The molecular formula is C24H24N6O4S. The Morgan fingerprint density at radius 2 is 1.89 bits per heavy atom. The first kappa shape index (κ1) is 22.0. The van der Waals surface area contributed by atoms with Gasteiger partial charge in [-0.15, -0.1) is 11.3 Å². The molecular weight excluding hydrogens is 468 g/mol. The average Bonchev–Trinajstić information content (AvgIpc) is 3.66. The van der Waals surface area contributed by atoms with Gasteiger partial charge in [0.2, 0.25) is 0 Å². The van der Waals surface area contributed by atoms with Gasteiger partial charge < -0.3 is 8.83 Å². The molecule has 35 heavy (non-hydrogen) atoms. The van der Waals surface area contributed by atoms with Crippen molar-refractivity contribution in [3.63, 3.8) is 0 Å². The van der Waals surface area contributed by atoms with E-state index in [1.165, 1.54) is 16.3 Å². The topological polar surface area (TPSA) is 99.8 Å². The Balaban J connectivity index is 1.09. The molecule has 1 fully saturated rings. The van der Waals surface area contributed by atoms with E-state index >= 15 is 0 Å². The molecule has 0 aliphatic carbocycles. The van der Waals surface area contributed by atoms with Gasteiger partial charge in [0.25, 0.3) is 11.5 Å². The Labute approximate surface area is 204 Å². The van der Waals surface area contributed by atoms with Crippen LogP contribution in [0.5, 0.6) is 0 Å². The SMILES string of the molecule is O=C(CN1CCN(Cc2cc(=O)n3ccsc3n2)CC1)N1N=C(c2ccco2)CC1c1ccco1. The Morgan fingerprint density at radius 3 is 2.66 bits per heavy atom. The summed E-state index contributed by atoms with van der Waals surface area (Å²) in [5, 5.41) is 8.00. The molecule has 1 saturated heterocycles. The number of hydrogen-bond donors (Lipinski definition) is 0. The Bertz CT molecular complexity index is 1400. The number of piperazine rings is 1. The van der Waals surface area contributed by atoms with Crippen LogP contribution >= 0.6 is 11.3 Å². The van der Waals surface area contributed by atoms with Crippen molar-refractivity contribution in [1.29, 1.82) is 0 Å². The molecule has 6 rings (SSSR count). The van der Waals surface area contributed by atoms with E-state index in [0.29, 0.717) is 29.4 Å². The van der Waals surface area contributed by atoms with Crippen LogP contribution in [0.3, 0.4) is 0 Å². The number of aromatic nitrogens is 2. The summed E-state index contributed by atoms with van der Waals surface area (Å²) in [6, 6.07) is 8.68. The summed E-state index contributed by atoms with van der Waals surface area (Å²) in [5.74, 6) is 1.30. The summed E-state index contributed by atoms with van der Waals surface area (Å²) < 4.78 is 12.7. The van der Waals surface area contributed by atoms with Gasteiger partial charge in [-0.3, -0.25) is 23.8 Å². The van der Waals surface area contributed by atoms with E-state index < -0.39 is 0 Å². The zero-order valence-electron chi connectivity index (χ0n) is 18.9. The van der Waals surface area contributed by atoms with Crippen LogP contribution in [0.2, 0.25) is 0 Å². The third-order valence-corrected chi connectivity index (χ3v) is 7.17. The van der Waals surface area contributed by atoms with E-state index in [4.69, 9.17) is 8.83 Å². The van der Waals surface area contributed by atoms with Gasteiger partial charge in [0, 0.05) is 56.8 Å². The van der Waals surface area contributed by atoms with Crippen LogP contribution in [0.25, 0.3) is 4.96 Å². The van der Waals surface area contributed by atoms with Crippen molar-refractivity contribution >= 4 is 27.9 Å². The number of nitrogens with zero attached hydrogens (tertiary/aromatic N) is 6. The standard InChI is InChI=1S/C24H24N6O4S/c31-22-13-17(25-24-29(22)9-12-35-24)15-27-5-7-28(8-6-27)16-23(32)30-19(21-4-2-11-34-21)14-18(26-30)20-3-1-10-33-20/h1-4,9-13,19H,5-8,14-16H2. The highest BCUT2D eigenvalue weighted by molar-refractivity contribution is 7.15. The highest BCUT2D eigenvalue weighted by Crippen LogP contribution is 2.33. The second-order valence-electron chi connectivity index (χ2n) is 8.69. The summed E-state index contributed by atoms with van der Waals surface area (Å²) in [5.41, 5.74) is 1.46. The minimum Gasteiger partial charge on any atom is -0.467 e. The van der Waals surface area contributed by atoms with Crippen LogP contribution in [-0.4, -0.2) is 68.5 Å². The molecule has 4 aromatic heterocycles. The molecule has 0 radical (unpaired) electrons. The monoisotopic (exact) mass is 492 g/mol. The van der Waals surface area contributed by atoms with E-state index in [2.05, 4.69) is 19.9 Å². The summed E-state index contributed by atoms with van der Waals surface area (Å²) in [4.78, 5) is 35.3. The smallest absolute Gasteiger partial charge is 0.258 e. The van der Waals surface area contributed by atoms with Crippen molar-refractivity contribution in [1.82, 2.24) is 24.2 Å².